The molecule has 1 aliphatic rings. The molecule has 0 saturated carbocycles. The standard InChI is InChI=1S/C15H15F2N3O3S/c1-20-14-9(6-18-20)13(24-7-12(21)19-14)8-3-4-10(23-15(16)17)11(5-8)22-2/h3-6,13,15H,7H2,1-2H3,(H,19,21)/t13-/m1/s1. The second-order valence-corrected chi connectivity index (χ2v) is 6.19. The minimum absolute atomic E-state index is 0.0320. The highest BCUT2D eigenvalue weighted by Gasteiger charge is 2.27. The van der Waals surface area contributed by atoms with Gasteiger partial charge in [-0.1, -0.05) is 6.07 Å². The lowest BCUT2D eigenvalue weighted by atomic mass is 10.1. The smallest absolute Gasteiger partial charge is 0.387 e. The van der Waals surface area contributed by atoms with Crippen LogP contribution in [0.5, 0.6) is 11.5 Å². The average molecular weight is 355 g/mol. The van der Waals surface area contributed by atoms with Crippen LogP contribution in [0.2, 0.25) is 0 Å². The molecular weight excluding hydrogens is 340 g/mol. The van der Waals surface area contributed by atoms with Gasteiger partial charge in [-0.2, -0.15) is 13.9 Å². The molecule has 2 aromatic rings. The first kappa shape index (κ1) is 16.6. The van der Waals surface area contributed by atoms with E-state index in [1.807, 2.05) is 0 Å². The molecule has 128 valence electrons. The molecule has 0 bridgehead atoms. The van der Waals surface area contributed by atoms with Crippen molar-refractivity contribution < 1.29 is 23.0 Å². The fraction of sp³-hybridized carbons (Fsp3) is 0.333. The number of carbonyl (C=O) groups is 1. The zero-order valence-corrected chi connectivity index (χ0v) is 13.8. The van der Waals surface area contributed by atoms with Gasteiger partial charge in [-0.05, 0) is 17.7 Å². The van der Waals surface area contributed by atoms with Crippen LogP contribution in [0.15, 0.2) is 24.4 Å². The van der Waals surface area contributed by atoms with Gasteiger partial charge in [0, 0.05) is 12.6 Å². The summed E-state index contributed by atoms with van der Waals surface area (Å²) >= 11 is 1.43. The van der Waals surface area contributed by atoms with E-state index in [2.05, 4.69) is 15.2 Å². The predicted molar refractivity (Wildman–Crippen MR) is 85.8 cm³/mol. The molecule has 1 aliphatic heterocycles. The van der Waals surface area contributed by atoms with Crippen LogP contribution in [0.1, 0.15) is 16.4 Å². The first-order chi connectivity index (χ1) is 11.5. The van der Waals surface area contributed by atoms with Crippen molar-refractivity contribution in [3.63, 3.8) is 0 Å². The summed E-state index contributed by atoms with van der Waals surface area (Å²) in [6.45, 7) is -2.93. The summed E-state index contributed by atoms with van der Waals surface area (Å²) in [5.41, 5.74) is 1.65. The van der Waals surface area contributed by atoms with Crippen LogP contribution < -0.4 is 14.8 Å². The van der Waals surface area contributed by atoms with E-state index in [0.29, 0.717) is 5.82 Å². The van der Waals surface area contributed by atoms with E-state index >= 15 is 0 Å². The number of hydrogen-bond acceptors (Lipinski definition) is 5. The Morgan fingerprint density at radius 3 is 2.92 bits per heavy atom. The lowest BCUT2D eigenvalue weighted by molar-refractivity contribution is -0.113. The number of aromatic nitrogens is 2. The Balaban J connectivity index is 2.00. The first-order valence-electron chi connectivity index (χ1n) is 7.05. The number of anilines is 1. The third-order valence-corrected chi connectivity index (χ3v) is 4.88. The van der Waals surface area contributed by atoms with Crippen molar-refractivity contribution in [2.45, 2.75) is 11.9 Å². The summed E-state index contributed by atoms with van der Waals surface area (Å²) in [5, 5.41) is 6.83. The third kappa shape index (κ3) is 3.16. The normalized spacial score (nSPS) is 17.2. The molecule has 0 aliphatic carbocycles. The number of halogens is 2. The highest BCUT2D eigenvalue weighted by atomic mass is 32.2. The number of ether oxygens (including phenoxy) is 2. The van der Waals surface area contributed by atoms with Crippen molar-refractivity contribution in [3.05, 3.63) is 35.5 Å². The molecule has 1 aromatic carbocycles. The minimum Gasteiger partial charge on any atom is -0.493 e. The van der Waals surface area contributed by atoms with E-state index in [0.717, 1.165) is 11.1 Å². The van der Waals surface area contributed by atoms with Crippen molar-refractivity contribution in [2.75, 3.05) is 18.2 Å². The number of amides is 1. The Kier molecular flexibility index (Phi) is 4.61. The van der Waals surface area contributed by atoms with Gasteiger partial charge in [0.25, 0.3) is 0 Å². The molecule has 6 nitrogen and oxygen atoms in total. The van der Waals surface area contributed by atoms with E-state index in [-0.39, 0.29) is 28.4 Å². The van der Waals surface area contributed by atoms with Crippen LogP contribution in [-0.4, -0.2) is 35.2 Å². The van der Waals surface area contributed by atoms with Gasteiger partial charge in [0.05, 0.1) is 24.3 Å². The number of alkyl halides is 2. The Bertz CT molecular complexity index is 766. The minimum atomic E-state index is -2.93. The molecule has 3 rings (SSSR count). The third-order valence-electron chi connectivity index (χ3n) is 3.59. The van der Waals surface area contributed by atoms with Gasteiger partial charge in [-0.3, -0.25) is 9.48 Å². The van der Waals surface area contributed by atoms with Gasteiger partial charge in [0.15, 0.2) is 11.5 Å². The van der Waals surface area contributed by atoms with Crippen molar-refractivity contribution >= 4 is 23.5 Å². The molecule has 0 unspecified atom stereocenters. The molecule has 1 amide bonds. The van der Waals surface area contributed by atoms with E-state index < -0.39 is 6.61 Å². The molecule has 0 saturated heterocycles. The number of nitrogens with one attached hydrogen (secondary N) is 1. The van der Waals surface area contributed by atoms with Crippen molar-refractivity contribution in [1.82, 2.24) is 9.78 Å². The van der Waals surface area contributed by atoms with E-state index in [1.54, 1.807) is 30.1 Å². The van der Waals surface area contributed by atoms with Gasteiger partial charge >= 0.3 is 6.61 Å². The SMILES string of the molecule is COc1cc([C@H]2SCC(=O)Nc3c2cnn3C)ccc1OC(F)F. The first-order valence-corrected chi connectivity index (χ1v) is 8.10. The molecule has 1 N–H and O–H groups in total. The lowest BCUT2D eigenvalue weighted by Crippen LogP contribution is -2.15. The maximum atomic E-state index is 12.5. The molecule has 9 heteroatoms. The Hall–Kier alpha value is -2.29. The van der Waals surface area contributed by atoms with Gasteiger partial charge in [0.1, 0.15) is 5.82 Å². The molecule has 1 aromatic heterocycles. The molecule has 0 fully saturated rings. The summed E-state index contributed by atoms with van der Waals surface area (Å²) in [6, 6.07) is 4.77. The molecule has 0 spiro atoms. The number of benzene rings is 1. The monoisotopic (exact) mass is 355 g/mol. The van der Waals surface area contributed by atoms with E-state index in [4.69, 9.17) is 4.74 Å². The predicted octanol–water partition coefficient (Wildman–Crippen LogP) is 2.80. The molecule has 0 radical (unpaired) electrons. The number of carbonyl (C=O) groups excluding carboxylic acids is 1. The second kappa shape index (κ2) is 6.68. The number of thioether (sulfide) groups is 1. The van der Waals surface area contributed by atoms with Crippen LogP contribution in [0.4, 0.5) is 14.6 Å². The Morgan fingerprint density at radius 1 is 1.42 bits per heavy atom. The summed E-state index contributed by atoms with van der Waals surface area (Å²) < 4.78 is 36.1. The van der Waals surface area contributed by atoms with Crippen molar-refractivity contribution in [3.8, 4) is 11.5 Å². The van der Waals surface area contributed by atoms with Crippen molar-refractivity contribution in [2.24, 2.45) is 7.05 Å². The lowest BCUT2D eigenvalue weighted by Gasteiger charge is -2.17. The fourth-order valence-electron chi connectivity index (χ4n) is 2.53. The van der Waals surface area contributed by atoms with Gasteiger partial charge in [0.2, 0.25) is 5.91 Å². The summed E-state index contributed by atoms with van der Waals surface area (Å²) in [4.78, 5) is 11.9. The number of methoxy groups -OCH3 is 1. The Labute approximate surface area is 141 Å². The van der Waals surface area contributed by atoms with Crippen LogP contribution >= 0.6 is 11.8 Å². The number of rotatable bonds is 4. The highest BCUT2D eigenvalue weighted by Crippen LogP contribution is 2.43. The summed E-state index contributed by atoms with van der Waals surface area (Å²) in [7, 11) is 3.13. The molecule has 2 heterocycles. The second-order valence-electron chi connectivity index (χ2n) is 5.10. The van der Waals surface area contributed by atoms with Crippen LogP contribution in [-0.2, 0) is 11.8 Å². The quantitative estimate of drug-likeness (QED) is 0.914. The molecular formula is C15H15F2N3O3S. The summed E-state index contributed by atoms with van der Waals surface area (Å²) in [5.74, 6) is 0.966. The zero-order chi connectivity index (χ0) is 17.3. The van der Waals surface area contributed by atoms with Crippen LogP contribution in [0.3, 0.4) is 0 Å². The van der Waals surface area contributed by atoms with Crippen molar-refractivity contribution in [1.29, 1.82) is 0 Å². The van der Waals surface area contributed by atoms with Gasteiger partial charge in [-0.25, -0.2) is 0 Å². The van der Waals surface area contributed by atoms with E-state index in [9.17, 15) is 13.6 Å². The van der Waals surface area contributed by atoms with Crippen LogP contribution in [0, 0.1) is 0 Å². The molecule has 1 atom stereocenters. The highest BCUT2D eigenvalue weighted by molar-refractivity contribution is 8.00. The number of fused-ring (bicyclic) bond motifs is 1. The zero-order valence-electron chi connectivity index (χ0n) is 13.0. The largest absolute Gasteiger partial charge is 0.493 e. The Morgan fingerprint density at radius 2 is 2.21 bits per heavy atom. The number of nitrogens with zero attached hydrogens (tertiary/aromatic N) is 2. The van der Waals surface area contributed by atoms with E-state index in [1.165, 1.54) is 24.9 Å². The number of aryl methyl sites for hydroxylation is 1. The topological polar surface area (TPSA) is 65.4 Å². The molecule has 24 heavy (non-hydrogen) atoms. The maximum Gasteiger partial charge on any atom is 0.387 e. The maximum absolute atomic E-state index is 12.5. The van der Waals surface area contributed by atoms with Gasteiger partial charge < -0.3 is 14.8 Å². The summed E-state index contributed by atoms with van der Waals surface area (Å²) in [6.07, 6.45) is 1.69. The van der Waals surface area contributed by atoms with Crippen LogP contribution in [0.25, 0.3) is 0 Å². The fourth-order valence-corrected chi connectivity index (χ4v) is 3.61. The average Bonchev–Trinajstić information content (AvgIpc) is 2.80. The number of hydrogen-bond donors (Lipinski definition) is 1. The van der Waals surface area contributed by atoms with Gasteiger partial charge in [-0.15, -0.1) is 11.8 Å².